The Morgan fingerprint density at radius 1 is 1.25 bits per heavy atom. The van der Waals surface area contributed by atoms with Crippen LogP contribution in [0.5, 0.6) is 0 Å². The molecular formula is C19H24F2N6O3S2. The SMILES string of the molecule is CC(C)C[C@H](CO)Nc1nc(NS(C)(=O)=O)nc(SCC(F)(F)c2cccc(C#N)c2)n1. The number of aliphatic hydroxyl groups excluding tert-OH is 1. The molecule has 0 saturated heterocycles. The van der Waals surface area contributed by atoms with Crippen molar-refractivity contribution in [1.82, 2.24) is 15.0 Å². The van der Waals surface area contributed by atoms with Crippen molar-refractivity contribution >= 4 is 33.7 Å². The number of nitrogens with zero attached hydrogens (tertiary/aromatic N) is 4. The molecule has 2 rings (SSSR count). The van der Waals surface area contributed by atoms with Crippen LogP contribution in [0.4, 0.5) is 20.7 Å². The number of aromatic nitrogens is 3. The Morgan fingerprint density at radius 3 is 2.53 bits per heavy atom. The Morgan fingerprint density at radius 2 is 1.94 bits per heavy atom. The highest BCUT2D eigenvalue weighted by Crippen LogP contribution is 2.34. The second-order valence-electron chi connectivity index (χ2n) is 7.48. The topological polar surface area (TPSA) is 141 Å². The van der Waals surface area contributed by atoms with E-state index >= 15 is 0 Å². The minimum atomic E-state index is -3.73. The first-order valence-electron chi connectivity index (χ1n) is 9.54. The van der Waals surface area contributed by atoms with Gasteiger partial charge in [0, 0.05) is 5.56 Å². The molecule has 0 saturated carbocycles. The zero-order chi connectivity index (χ0) is 23.9. The van der Waals surface area contributed by atoms with Crippen molar-refractivity contribution in [2.75, 3.05) is 28.7 Å². The van der Waals surface area contributed by atoms with Crippen molar-refractivity contribution in [3.63, 3.8) is 0 Å². The van der Waals surface area contributed by atoms with Gasteiger partial charge in [-0.3, -0.25) is 4.72 Å². The lowest BCUT2D eigenvalue weighted by Crippen LogP contribution is -2.27. The molecule has 0 amide bonds. The summed E-state index contributed by atoms with van der Waals surface area (Å²) < 4.78 is 54.6. The van der Waals surface area contributed by atoms with Crippen LogP contribution in [-0.2, 0) is 15.9 Å². The number of hydrogen-bond acceptors (Lipinski definition) is 9. The maximum absolute atomic E-state index is 14.7. The maximum Gasteiger partial charge on any atom is 0.282 e. The second kappa shape index (κ2) is 10.8. The Labute approximate surface area is 189 Å². The minimum Gasteiger partial charge on any atom is -0.394 e. The lowest BCUT2D eigenvalue weighted by atomic mass is 10.0. The normalized spacial score (nSPS) is 12.9. The average Bonchev–Trinajstić information content (AvgIpc) is 2.70. The largest absolute Gasteiger partial charge is 0.394 e. The predicted octanol–water partition coefficient (Wildman–Crippen LogP) is 2.82. The number of sulfonamides is 1. The lowest BCUT2D eigenvalue weighted by molar-refractivity contribution is 0.0231. The molecule has 0 bridgehead atoms. The van der Waals surface area contributed by atoms with Gasteiger partial charge in [-0.1, -0.05) is 37.7 Å². The van der Waals surface area contributed by atoms with Crippen molar-refractivity contribution in [2.45, 2.75) is 37.4 Å². The van der Waals surface area contributed by atoms with E-state index in [4.69, 9.17) is 5.26 Å². The maximum atomic E-state index is 14.7. The van der Waals surface area contributed by atoms with Gasteiger partial charge in [0.15, 0.2) is 5.16 Å². The van der Waals surface area contributed by atoms with Crippen molar-refractivity contribution in [1.29, 1.82) is 5.26 Å². The number of benzene rings is 1. The molecule has 0 aliphatic rings. The van der Waals surface area contributed by atoms with Crippen molar-refractivity contribution in [3.05, 3.63) is 35.4 Å². The van der Waals surface area contributed by atoms with Gasteiger partial charge in [-0.2, -0.15) is 20.2 Å². The Kier molecular flexibility index (Phi) is 8.71. The zero-order valence-corrected chi connectivity index (χ0v) is 19.3. The molecular weight excluding hydrogens is 462 g/mol. The third-order valence-corrected chi connectivity index (χ3v) is 5.50. The molecule has 0 aliphatic carbocycles. The number of aliphatic hydroxyl groups is 1. The molecule has 13 heteroatoms. The summed E-state index contributed by atoms with van der Waals surface area (Å²) in [6, 6.07) is 6.52. The van der Waals surface area contributed by atoms with E-state index in [1.807, 2.05) is 19.9 Å². The highest BCUT2D eigenvalue weighted by atomic mass is 32.2. The van der Waals surface area contributed by atoms with Crippen LogP contribution in [0, 0.1) is 17.2 Å². The van der Waals surface area contributed by atoms with Crippen molar-refractivity contribution in [2.24, 2.45) is 5.92 Å². The van der Waals surface area contributed by atoms with Gasteiger partial charge in [0.2, 0.25) is 21.9 Å². The van der Waals surface area contributed by atoms with Gasteiger partial charge in [-0.05, 0) is 24.5 Å². The quantitative estimate of drug-likeness (QED) is 0.409. The van der Waals surface area contributed by atoms with E-state index in [0.29, 0.717) is 18.2 Å². The standard InChI is InChI=1S/C19H24F2N6O3S2/c1-12(2)7-15(10-28)23-16-24-17(27-32(3,29)30)26-18(25-16)31-11-19(20,21)14-6-4-5-13(8-14)9-22/h4-6,8,12,15,28H,7,10-11H2,1-3H3,(H2,23,24,25,26,27)/t15-/m1/s1. The summed E-state index contributed by atoms with van der Waals surface area (Å²) in [7, 11) is -3.73. The third kappa shape index (κ3) is 8.18. The summed E-state index contributed by atoms with van der Waals surface area (Å²) in [5, 5.41) is 21.2. The van der Waals surface area contributed by atoms with Gasteiger partial charge in [0.1, 0.15) is 0 Å². The zero-order valence-electron chi connectivity index (χ0n) is 17.7. The lowest BCUT2D eigenvalue weighted by Gasteiger charge is -2.19. The molecule has 0 radical (unpaired) electrons. The Balaban J connectivity index is 2.28. The number of alkyl halides is 2. The van der Waals surface area contributed by atoms with E-state index in [2.05, 4.69) is 25.0 Å². The minimum absolute atomic E-state index is 0.0526. The molecule has 3 N–H and O–H groups in total. The Bertz CT molecular complexity index is 1080. The number of nitrogens with one attached hydrogen (secondary N) is 2. The molecule has 1 aromatic heterocycles. The number of halogens is 2. The molecule has 174 valence electrons. The van der Waals surface area contributed by atoms with Crippen molar-refractivity contribution < 1.29 is 22.3 Å². The van der Waals surface area contributed by atoms with Crippen LogP contribution in [0.3, 0.4) is 0 Å². The molecule has 32 heavy (non-hydrogen) atoms. The van der Waals surface area contributed by atoms with Gasteiger partial charge in [0.25, 0.3) is 5.92 Å². The molecule has 1 aromatic carbocycles. The monoisotopic (exact) mass is 486 g/mol. The van der Waals surface area contributed by atoms with Gasteiger partial charge in [0.05, 0.1) is 36.3 Å². The highest BCUT2D eigenvalue weighted by Gasteiger charge is 2.32. The van der Waals surface area contributed by atoms with Crippen LogP contribution in [0.25, 0.3) is 0 Å². The fourth-order valence-corrected chi connectivity index (χ4v) is 3.88. The van der Waals surface area contributed by atoms with Gasteiger partial charge < -0.3 is 10.4 Å². The summed E-state index contributed by atoms with van der Waals surface area (Å²) >= 11 is 0.606. The first-order chi connectivity index (χ1) is 14.9. The van der Waals surface area contributed by atoms with Gasteiger partial charge >= 0.3 is 0 Å². The first-order valence-corrected chi connectivity index (χ1v) is 12.4. The van der Waals surface area contributed by atoms with E-state index in [0.717, 1.165) is 12.3 Å². The van der Waals surface area contributed by atoms with E-state index in [-0.39, 0.29) is 40.7 Å². The number of hydrogen-bond donors (Lipinski definition) is 3. The van der Waals surface area contributed by atoms with Crippen LogP contribution in [0.1, 0.15) is 31.4 Å². The molecule has 1 heterocycles. The summed E-state index contributed by atoms with van der Waals surface area (Å²) in [4.78, 5) is 12.0. The summed E-state index contributed by atoms with van der Waals surface area (Å²) in [6.45, 7) is 3.69. The van der Waals surface area contributed by atoms with Gasteiger partial charge in [-0.15, -0.1) is 0 Å². The number of nitriles is 1. The fourth-order valence-electron chi connectivity index (χ4n) is 2.68. The third-order valence-electron chi connectivity index (χ3n) is 4.00. The molecule has 0 fully saturated rings. The highest BCUT2D eigenvalue weighted by molar-refractivity contribution is 7.99. The average molecular weight is 487 g/mol. The summed E-state index contributed by atoms with van der Waals surface area (Å²) in [5.41, 5.74) is -0.220. The molecule has 2 aromatic rings. The van der Waals surface area contributed by atoms with E-state index < -0.39 is 27.7 Å². The Hall–Kier alpha value is -2.56. The van der Waals surface area contributed by atoms with Gasteiger partial charge in [-0.25, -0.2) is 17.2 Å². The van der Waals surface area contributed by atoms with Crippen molar-refractivity contribution in [3.8, 4) is 6.07 Å². The van der Waals surface area contributed by atoms with Crippen LogP contribution >= 0.6 is 11.8 Å². The van der Waals surface area contributed by atoms with Crippen LogP contribution in [-0.4, -0.2) is 53.1 Å². The fraction of sp³-hybridized carbons (Fsp3) is 0.474. The molecule has 9 nitrogen and oxygen atoms in total. The van der Waals surface area contributed by atoms with Crippen LogP contribution in [0.2, 0.25) is 0 Å². The second-order valence-corrected chi connectivity index (χ2v) is 10.2. The smallest absolute Gasteiger partial charge is 0.282 e. The molecule has 0 unspecified atom stereocenters. The first kappa shape index (κ1) is 25.7. The van der Waals surface area contributed by atoms with E-state index in [1.165, 1.54) is 18.2 Å². The summed E-state index contributed by atoms with van der Waals surface area (Å²) in [6.07, 6.45) is 1.48. The number of thioether (sulfide) groups is 1. The molecule has 1 atom stereocenters. The summed E-state index contributed by atoms with van der Waals surface area (Å²) in [5.74, 6) is -4.19. The van der Waals surface area contributed by atoms with Crippen LogP contribution < -0.4 is 10.0 Å². The van der Waals surface area contributed by atoms with E-state index in [9.17, 15) is 22.3 Å². The molecule has 0 spiro atoms. The van der Waals surface area contributed by atoms with E-state index in [1.54, 1.807) is 0 Å². The molecule has 0 aliphatic heterocycles. The van der Waals surface area contributed by atoms with Crippen LogP contribution in [0.15, 0.2) is 29.4 Å². The predicted molar refractivity (Wildman–Crippen MR) is 118 cm³/mol. The number of anilines is 2. The number of rotatable bonds is 11.